The molecule has 19 heavy (non-hydrogen) atoms. The molecule has 5 heteroatoms. The Kier molecular flexibility index (Phi) is 3.94. The average Bonchev–Trinajstić information content (AvgIpc) is 2.63. The quantitative estimate of drug-likeness (QED) is 0.628. The van der Waals surface area contributed by atoms with Gasteiger partial charge in [-0.05, 0) is 49.4 Å². The summed E-state index contributed by atoms with van der Waals surface area (Å²) < 4.78 is 27.9. The second-order valence-corrected chi connectivity index (χ2v) is 7.42. The van der Waals surface area contributed by atoms with Crippen LogP contribution in [-0.4, -0.2) is 25.9 Å². The molecule has 1 aromatic rings. The smallest absolute Gasteiger partial charge is 0.311 e. The molecular formula is C14H18O4S. The van der Waals surface area contributed by atoms with Crippen LogP contribution in [0.1, 0.15) is 24.0 Å². The number of carbonyl (C=O) groups is 1. The molecule has 1 aromatic carbocycles. The lowest BCUT2D eigenvalue weighted by Crippen LogP contribution is -2.15. The van der Waals surface area contributed by atoms with E-state index in [0.29, 0.717) is 12.2 Å². The van der Waals surface area contributed by atoms with Crippen molar-refractivity contribution in [1.82, 2.24) is 0 Å². The van der Waals surface area contributed by atoms with Crippen molar-refractivity contribution >= 4 is 15.8 Å². The number of ether oxygens (including phenoxy) is 1. The molecule has 0 aromatic heterocycles. The number of sulfone groups is 1. The van der Waals surface area contributed by atoms with Crippen LogP contribution in [0.25, 0.3) is 0 Å². The zero-order chi connectivity index (χ0) is 14.0. The van der Waals surface area contributed by atoms with E-state index in [1.807, 2.05) is 26.0 Å². The summed E-state index contributed by atoms with van der Waals surface area (Å²) in [6.45, 7) is 3.94. The van der Waals surface area contributed by atoms with Gasteiger partial charge in [-0.3, -0.25) is 4.79 Å². The molecule has 0 aliphatic carbocycles. The fraction of sp³-hybridized carbons (Fsp3) is 0.500. The molecule has 4 nitrogen and oxygen atoms in total. The summed E-state index contributed by atoms with van der Waals surface area (Å²) in [7, 11) is -2.93. The molecule has 1 saturated heterocycles. The predicted octanol–water partition coefficient (Wildman–Crippen LogP) is 2.03. The molecule has 2 rings (SSSR count). The van der Waals surface area contributed by atoms with Crippen LogP contribution in [-0.2, 0) is 14.6 Å². The molecule has 104 valence electrons. The van der Waals surface area contributed by atoms with Gasteiger partial charge in [-0.15, -0.1) is 0 Å². The normalized spacial score (nSPS) is 21.3. The molecular weight excluding hydrogens is 264 g/mol. The van der Waals surface area contributed by atoms with Gasteiger partial charge in [0.05, 0.1) is 11.5 Å². The number of rotatable bonds is 3. The van der Waals surface area contributed by atoms with E-state index in [2.05, 4.69) is 0 Å². The highest BCUT2D eigenvalue weighted by molar-refractivity contribution is 7.91. The van der Waals surface area contributed by atoms with E-state index < -0.39 is 9.84 Å². The van der Waals surface area contributed by atoms with Gasteiger partial charge in [-0.2, -0.15) is 0 Å². The fourth-order valence-electron chi connectivity index (χ4n) is 2.22. The SMILES string of the molecule is Cc1ccc(OC(=O)C[C@@H]2CCS(=O)(=O)C2)cc1C. The van der Waals surface area contributed by atoms with E-state index in [4.69, 9.17) is 4.74 Å². The zero-order valence-electron chi connectivity index (χ0n) is 11.2. The van der Waals surface area contributed by atoms with Crippen LogP contribution < -0.4 is 4.74 Å². The van der Waals surface area contributed by atoms with Gasteiger partial charge in [0.2, 0.25) is 0 Å². The lowest BCUT2D eigenvalue weighted by atomic mass is 10.1. The van der Waals surface area contributed by atoms with E-state index in [1.165, 1.54) is 0 Å². The van der Waals surface area contributed by atoms with Crippen LogP contribution in [0.4, 0.5) is 0 Å². The monoisotopic (exact) mass is 282 g/mol. The molecule has 1 atom stereocenters. The van der Waals surface area contributed by atoms with Crippen molar-refractivity contribution in [1.29, 1.82) is 0 Å². The van der Waals surface area contributed by atoms with Crippen LogP contribution in [0.5, 0.6) is 5.75 Å². The standard InChI is InChI=1S/C14H18O4S/c1-10-3-4-13(7-11(10)2)18-14(15)8-12-5-6-19(16,17)9-12/h3-4,7,12H,5-6,8-9H2,1-2H3/t12-/m0/s1. The summed E-state index contributed by atoms with van der Waals surface area (Å²) in [5.74, 6) is 0.368. The van der Waals surface area contributed by atoms with Gasteiger partial charge in [0.15, 0.2) is 9.84 Å². The zero-order valence-corrected chi connectivity index (χ0v) is 12.0. The first-order valence-corrected chi connectivity index (χ1v) is 8.16. The Morgan fingerprint density at radius 2 is 2.05 bits per heavy atom. The number of hydrogen-bond acceptors (Lipinski definition) is 4. The molecule has 1 aliphatic rings. The van der Waals surface area contributed by atoms with E-state index in [0.717, 1.165) is 11.1 Å². The molecule has 0 spiro atoms. The van der Waals surface area contributed by atoms with Gasteiger partial charge in [0.25, 0.3) is 0 Å². The molecule has 1 aliphatic heterocycles. The van der Waals surface area contributed by atoms with Crippen molar-refractivity contribution < 1.29 is 17.9 Å². The molecule has 0 radical (unpaired) electrons. The largest absolute Gasteiger partial charge is 0.427 e. The lowest BCUT2D eigenvalue weighted by molar-refractivity contribution is -0.135. The van der Waals surface area contributed by atoms with Crippen LogP contribution >= 0.6 is 0 Å². The van der Waals surface area contributed by atoms with Gasteiger partial charge in [-0.25, -0.2) is 8.42 Å². The van der Waals surface area contributed by atoms with Crippen LogP contribution in [0.15, 0.2) is 18.2 Å². The van der Waals surface area contributed by atoms with Crippen molar-refractivity contribution in [3.8, 4) is 5.75 Å². The Labute approximate surface area is 113 Å². The molecule has 1 fully saturated rings. The Morgan fingerprint density at radius 1 is 1.32 bits per heavy atom. The van der Waals surface area contributed by atoms with Crippen LogP contribution in [0, 0.1) is 19.8 Å². The summed E-state index contributed by atoms with van der Waals surface area (Å²) in [6, 6.07) is 5.47. The summed E-state index contributed by atoms with van der Waals surface area (Å²) >= 11 is 0. The summed E-state index contributed by atoms with van der Waals surface area (Å²) in [6.07, 6.45) is 0.733. The van der Waals surface area contributed by atoms with E-state index in [1.54, 1.807) is 6.07 Å². The maximum atomic E-state index is 11.8. The van der Waals surface area contributed by atoms with Gasteiger partial charge in [0.1, 0.15) is 5.75 Å². The highest BCUT2D eigenvalue weighted by Crippen LogP contribution is 2.23. The number of benzene rings is 1. The first kappa shape index (κ1) is 14.1. The number of hydrogen-bond donors (Lipinski definition) is 0. The first-order valence-electron chi connectivity index (χ1n) is 6.34. The molecule has 1 heterocycles. The number of aryl methyl sites for hydroxylation is 2. The topological polar surface area (TPSA) is 60.4 Å². The Hall–Kier alpha value is -1.36. The molecule has 0 unspecified atom stereocenters. The molecule has 0 amide bonds. The third-order valence-corrected chi connectivity index (χ3v) is 5.33. The van der Waals surface area contributed by atoms with Crippen LogP contribution in [0.2, 0.25) is 0 Å². The van der Waals surface area contributed by atoms with Crippen molar-refractivity contribution in [2.45, 2.75) is 26.7 Å². The van der Waals surface area contributed by atoms with Crippen molar-refractivity contribution in [2.24, 2.45) is 5.92 Å². The second kappa shape index (κ2) is 5.33. The van der Waals surface area contributed by atoms with Crippen molar-refractivity contribution in [3.63, 3.8) is 0 Å². The Balaban J connectivity index is 1.93. The Morgan fingerprint density at radius 3 is 2.63 bits per heavy atom. The molecule has 0 N–H and O–H groups in total. The predicted molar refractivity (Wildman–Crippen MR) is 72.9 cm³/mol. The van der Waals surface area contributed by atoms with Gasteiger partial charge in [0, 0.05) is 6.42 Å². The van der Waals surface area contributed by atoms with Crippen molar-refractivity contribution in [3.05, 3.63) is 29.3 Å². The molecule has 0 bridgehead atoms. The van der Waals surface area contributed by atoms with Crippen molar-refractivity contribution in [2.75, 3.05) is 11.5 Å². The summed E-state index contributed by atoms with van der Waals surface area (Å²) in [5.41, 5.74) is 2.20. The highest BCUT2D eigenvalue weighted by Gasteiger charge is 2.29. The molecule has 0 saturated carbocycles. The third-order valence-electron chi connectivity index (χ3n) is 3.49. The Bertz CT molecular complexity index is 589. The maximum absolute atomic E-state index is 11.8. The minimum absolute atomic E-state index is 0.0935. The first-order chi connectivity index (χ1) is 8.85. The van der Waals surface area contributed by atoms with Crippen LogP contribution in [0.3, 0.4) is 0 Å². The average molecular weight is 282 g/mol. The third kappa shape index (κ3) is 3.80. The van der Waals surface area contributed by atoms with Gasteiger partial charge < -0.3 is 4.74 Å². The van der Waals surface area contributed by atoms with E-state index in [9.17, 15) is 13.2 Å². The number of carbonyl (C=O) groups excluding carboxylic acids is 1. The van der Waals surface area contributed by atoms with E-state index in [-0.39, 0.29) is 29.8 Å². The van der Waals surface area contributed by atoms with Gasteiger partial charge >= 0.3 is 5.97 Å². The lowest BCUT2D eigenvalue weighted by Gasteiger charge is -2.09. The fourth-order valence-corrected chi connectivity index (χ4v) is 4.08. The van der Waals surface area contributed by atoms with E-state index >= 15 is 0 Å². The highest BCUT2D eigenvalue weighted by atomic mass is 32.2. The minimum Gasteiger partial charge on any atom is -0.427 e. The number of esters is 1. The van der Waals surface area contributed by atoms with Gasteiger partial charge in [-0.1, -0.05) is 6.07 Å². The second-order valence-electron chi connectivity index (χ2n) is 5.19. The minimum atomic E-state index is -2.93. The maximum Gasteiger partial charge on any atom is 0.311 e. The summed E-state index contributed by atoms with van der Waals surface area (Å²) in [5, 5.41) is 0. The summed E-state index contributed by atoms with van der Waals surface area (Å²) in [4.78, 5) is 11.8.